The number of allylic oxidation sites excluding steroid dienone is 1. The fourth-order valence-corrected chi connectivity index (χ4v) is 7.54. The smallest absolute Gasteiger partial charge is 0.306 e. The number of aliphatic hydroxyl groups excluding tert-OH is 2. The van der Waals surface area contributed by atoms with Crippen molar-refractivity contribution in [3.63, 3.8) is 0 Å². The van der Waals surface area contributed by atoms with Crippen molar-refractivity contribution < 1.29 is 34.4 Å². The highest BCUT2D eigenvalue weighted by Crippen LogP contribution is 2.73. The van der Waals surface area contributed by atoms with E-state index < -0.39 is 40.8 Å². The molecule has 2 heterocycles. The van der Waals surface area contributed by atoms with Crippen LogP contribution in [0, 0.1) is 34.5 Å². The van der Waals surface area contributed by atoms with Crippen LogP contribution in [0.15, 0.2) is 11.6 Å². The van der Waals surface area contributed by atoms with Crippen LogP contribution in [-0.4, -0.2) is 57.8 Å². The van der Waals surface area contributed by atoms with E-state index in [9.17, 15) is 24.9 Å². The first kappa shape index (κ1) is 17.8. The average molecular weight is 378 g/mol. The molecule has 7 nitrogen and oxygen atoms in total. The molecule has 5 rings (SSSR count). The minimum atomic E-state index is -1.88. The number of aliphatic hydroxyl groups is 3. The van der Waals surface area contributed by atoms with Gasteiger partial charge in [-0.05, 0) is 37.2 Å². The molecule has 27 heavy (non-hydrogen) atoms. The predicted molar refractivity (Wildman–Crippen MR) is 91.0 cm³/mol. The van der Waals surface area contributed by atoms with Crippen LogP contribution >= 0.6 is 0 Å². The first-order chi connectivity index (χ1) is 12.6. The number of fused-ring (bicyclic) bond motifs is 1. The normalized spacial score (nSPS) is 58.9. The fraction of sp³-hybridized carbons (Fsp3) is 0.800. The fourth-order valence-electron chi connectivity index (χ4n) is 7.54. The molecule has 2 bridgehead atoms. The van der Waals surface area contributed by atoms with Gasteiger partial charge in [0.15, 0.2) is 11.6 Å². The lowest BCUT2D eigenvalue weighted by molar-refractivity contribution is -0.332. The summed E-state index contributed by atoms with van der Waals surface area (Å²) in [7, 11) is 0. The summed E-state index contributed by atoms with van der Waals surface area (Å²) < 4.78 is 11.6. The Kier molecular flexibility index (Phi) is 3.30. The highest BCUT2D eigenvalue weighted by molar-refractivity contribution is 5.96. The van der Waals surface area contributed by atoms with Crippen LogP contribution < -0.4 is 0 Å². The van der Waals surface area contributed by atoms with Gasteiger partial charge in [-0.1, -0.05) is 19.4 Å². The van der Waals surface area contributed by atoms with Crippen LogP contribution in [0.25, 0.3) is 0 Å². The summed E-state index contributed by atoms with van der Waals surface area (Å²) in [4.78, 5) is 24.9. The molecule has 0 aromatic rings. The van der Waals surface area contributed by atoms with Gasteiger partial charge < -0.3 is 24.8 Å². The number of ether oxygens (including phenoxy) is 2. The van der Waals surface area contributed by atoms with Crippen LogP contribution in [0.3, 0.4) is 0 Å². The highest BCUT2D eigenvalue weighted by Gasteiger charge is 2.81. The largest absolute Gasteiger partial charge is 0.462 e. The number of rotatable bonds is 0. The highest BCUT2D eigenvalue weighted by atomic mass is 16.6. The molecule has 148 valence electrons. The van der Waals surface area contributed by atoms with Gasteiger partial charge in [0.05, 0.1) is 6.61 Å². The molecule has 2 saturated heterocycles. The Morgan fingerprint density at radius 3 is 2.67 bits per heavy atom. The molecular weight excluding hydrogens is 352 g/mol. The molecule has 0 unspecified atom stereocenters. The molecule has 4 fully saturated rings. The predicted octanol–water partition coefficient (Wildman–Crippen LogP) is 0.166. The van der Waals surface area contributed by atoms with E-state index in [2.05, 4.69) is 0 Å². The van der Waals surface area contributed by atoms with Gasteiger partial charge in [-0.3, -0.25) is 9.59 Å². The number of hydrogen-bond donors (Lipinski definition) is 3. The van der Waals surface area contributed by atoms with Crippen molar-refractivity contribution >= 4 is 11.8 Å². The van der Waals surface area contributed by atoms with Crippen molar-refractivity contribution in [1.29, 1.82) is 0 Å². The van der Waals surface area contributed by atoms with E-state index in [0.717, 1.165) is 5.57 Å². The molecule has 0 amide bonds. The second kappa shape index (κ2) is 5.00. The van der Waals surface area contributed by atoms with Crippen molar-refractivity contribution in [3.05, 3.63) is 11.6 Å². The lowest BCUT2D eigenvalue weighted by atomic mass is 9.38. The Balaban J connectivity index is 1.78. The molecule has 0 aromatic carbocycles. The van der Waals surface area contributed by atoms with Gasteiger partial charge >= 0.3 is 5.97 Å². The maximum Gasteiger partial charge on any atom is 0.306 e. The molecule has 7 heteroatoms. The molecule has 2 saturated carbocycles. The third kappa shape index (κ3) is 1.74. The Morgan fingerprint density at radius 2 is 1.96 bits per heavy atom. The maximum absolute atomic E-state index is 12.5. The zero-order valence-corrected chi connectivity index (χ0v) is 15.7. The molecule has 0 radical (unpaired) electrons. The zero-order chi connectivity index (χ0) is 19.5. The van der Waals surface area contributed by atoms with Crippen LogP contribution in [-0.2, 0) is 19.1 Å². The molecule has 1 spiro atoms. The van der Waals surface area contributed by atoms with E-state index in [1.54, 1.807) is 0 Å². The summed E-state index contributed by atoms with van der Waals surface area (Å²) in [6, 6.07) is 0. The Hall–Kier alpha value is -1.28. The van der Waals surface area contributed by atoms with Crippen molar-refractivity contribution in [2.24, 2.45) is 34.5 Å². The van der Waals surface area contributed by atoms with Gasteiger partial charge in [0, 0.05) is 23.2 Å². The van der Waals surface area contributed by atoms with Gasteiger partial charge in [-0.2, -0.15) is 0 Å². The lowest BCUT2D eigenvalue weighted by Gasteiger charge is -2.67. The molecule has 0 aromatic heterocycles. The van der Waals surface area contributed by atoms with Crippen molar-refractivity contribution in [1.82, 2.24) is 0 Å². The standard InChI is InChI=1S/C20H26O7/c1-8-4-12(21)16(24)18(3)10(8)5-13-19-7-26-20(25,17(18)19)15(23)9(2)11(19)6-14(22)27-13/h4,9-11,13,15-17,23-25H,5-7H2,1-3H3/t9-,10+,11+,13-,15-,16-,17-,18-,19-,20+/m1/s1. The van der Waals surface area contributed by atoms with Gasteiger partial charge in [0.25, 0.3) is 0 Å². The minimum Gasteiger partial charge on any atom is -0.462 e. The summed E-state index contributed by atoms with van der Waals surface area (Å²) in [5.41, 5.74) is -0.927. The maximum atomic E-state index is 12.5. The lowest BCUT2D eigenvalue weighted by Crippen LogP contribution is -2.75. The van der Waals surface area contributed by atoms with Crippen LogP contribution in [0.1, 0.15) is 33.6 Å². The average Bonchev–Trinajstić information content (AvgIpc) is 2.90. The third-order valence-electron chi connectivity index (χ3n) is 8.61. The van der Waals surface area contributed by atoms with Crippen LogP contribution in [0.5, 0.6) is 0 Å². The zero-order valence-electron chi connectivity index (χ0n) is 15.7. The summed E-state index contributed by atoms with van der Waals surface area (Å²) in [5.74, 6) is -4.15. The third-order valence-corrected chi connectivity index (χ3v) is 8.61. The monoisotopic (exact) mass is 378 g/mol. The van der Waals surface area contributed by atoms with Crippen molar-refractivity contribution in [2.75, 3.05) is 6.61 Å². The van der Waals surface area contributed by atoms with E-state index in [4.69, 9.17) is 9.47 Å². The van der Waals surface area contributed by atoms with Gasteiger partial charge in [0.2, 0.25) is 0 Å². The van der Waals surface area contributed by atoms with E-state index >= 15 is 0 Å². The molecule has 3 aliphatic carbocycles. The van der Waals surface area contributed by atoms with Crippen LogP contribution in [0.2, 0.25) is 0 Å². The van der Waals surface area contributed by atoms with Gasteiger partial charge in [-0.15, -0.1) is 0 Å². The Bertz CT molecular complexity index is 776. The molecule has 5 aliphatic rings. The summed E-state index contributed by atoms with van der Waals surface area (Å²) >= 11 is 0. The van der Waals surface area contributed by atoms with Gasteiger partial charge in [-0.25, -0.2) is 0 Å². The first-order valence-electron chi connectivity index (χ1n) is 9.72. The Labute approximate surface area is 157 Å². The van der Waals surface area contributed by atoms with Crippen molar-refractivity contribution in [2.45, 2.75) is 57.7 Å². The van der Waals surface area contributed by atoms with Gasteiger partial charge in [0.1, 0.15) is 18.3 Å². The topological polar surface area (TPSA) is 113 Å². The number of carbonyl (C=O) groups excluding carboxylic acids is 2. The number of carbonyl (C=O) groups is 2. The van der Waals surface area contributed by atoms with E-state index in [1.807, 2.05) is 20.8 Å². The second-order valence-corrected chi connectivity index (χ2v) is 9.53. The molecular formula is C20H26O7. The summed E-state index contributed by atoms with van der Waals surface area (Å²) in [6.45, 7) is 5.62. The molecule has 10 atom stereocenters. The Morgan fingerprint density at radius 1 is 1.26 bits per heavy atom. The van der Waals surface area contributed by atoms with E-state index in [1.165, 1.54) is 6.08 Å². The number of esters is 1. The quantitative estimate of drug-likeness (QED) is 0.515. The molecule has 2 aliphatic heterocycles. The molecule has 3 N–H and O–H groups in total. The summed E-state index contributed by atoms with van der Waals surface area (Å²) in [6.07, 6.45) is -0.917. The number of hydrogen-bond acceptors (Lipinski definition) is 7. The van der Waals surface area contributed by atoms with Crippen LogP contribution in [0.4, 0.5) is 0 Å². The van der Waals surface area contributed by atoms with E-state index in [0.29, 0.717) is 6.42 Å². The number of ketones is 1. The second-order valence-electron chi connectivity index (χ2n) is 9.53. The minimum absolute atomic E-state index is 0.143. The van der Waals surface area contributed by atoms with E-state index in [-0.39, 0.29) is 42.5 Å². The first-order valence-corrected chi connectivity index (χ1v) is 9.72. The van der Waals surface area contributed by atoms with Crippen molar-refractivity contribution in [3.8, 4) is 0 Å². The SMILES string of the molecule is CC1=CC(=O)[C@@H](O)[C@]2(C)[C@H]3[C@@]4(O)OC[C@@]35[C@@H](C[C@@H]12)OC(=O)C[C@H]5[C@@H](C)[C@H]4O. The summed E-state index contributed by atoms with van der Waals surface area (Å²) in [5, 5.41) is 33.5.